The van der Waals surface area contributed by atoms with Gasteiger partial charge in [0.25, 0.3) is 0 Å². The van der Waals surface area contributed by atoms with Crippen LogP contribution in [0.2, 0.25) is 0 Å². The molecule has 0 amide bonds. The number of halogens is 1. The zero-order chi connectivity index (χ0) is 13.2. The van der Waals surface area contributed by atoms with Gasteiger partial charge in [-0.15, -0.1) is 0 Å². The van der Waals surface area contributed by atoms with Crippen LogP contribution < -0.4 is 0 Å². The Bertz CT molecular complexity index is 490. The lowest BCUT2D eigenvalue weighted by atomic mass is 9.90. The highest BCUT2D eigenvalue weighted by Crippen LogP contribution is 2.29. The van der Waals surface area contributed by atoms with Crippen molar-refractivity contribution in [2.24, 2.45) is 0 Å². The van der Waals surface area contributed by atoms with Crippen LogP contribution in [0.1, 0.15) is 31.2 Å². The molecule has 0 aliphatic carbocycles. The molecule has 0 bridgehead atoms. The first-order valence-electron chi connectivity index (χ1n) is 6.26. The predicted octanol–water partition coefficient (Wildman–Crippen LogP) is 2.35. The van der Waals surface area contributed by atoms with Gasteiger partial charge in [-0.1, -0.05) is 12.1 Å². The number of hydrogen-bond acceptors (Lipinski definition) is 2. The summed E-state index contributed by atoms with van der Waals surface area (Å²) < 4.78 is 37.8. The zero-order valence-corrected chi connectivity index (χ0v) is 11.3. The number of hydrogen-bond donors (Lipinski definition) is 0. The Morgan fingerprint density at radius 1 is 1.22 bits per heavy atom. The molecule has 100 valence electrons. The Hall–Kier alpha value is -0.940. The van der Waals surface area contributed by atoms with Crippen molar-refractivity contribution in [3.63, 3.8) is 0 Å². The summed E-state index contributed by atoms with van der Waals surface area (Å²) in [7, 11) is -3.06. The minimum absolute atomic E-state index is 0.161. The molecule has 1 saturated heterocycles. The fourth-order valence-electron chi connectivity index (χ4n) is 2.38. The summed E-state index contributed by atoms with van der Waals surface area (Å²) in [6.07, 6.45) is 1.62. The highest BCUT2D eigenvalue weighted by molar-refractivity contribution is 7.89. The molecule has 0 saturated carbocycles. The molecule has 1 aliphatic heterocycles. The normalized spacial score (nSPS) is 19.0. The summed E-state index contributed by atoms with van der Waals surface area (Å²) in [5, 5.41) is 0. The molecule has 0 radical (unpaired) electrons. The summed E-state index contributed by atoms with van der Waals surface area (Å²) in [5.41, 5.74) is 1.10. The van der Waals surface area contributed by atoms with Crippen molar-refractivity contribution < 1.29 is 12.8 Å². The van der Waals surface area contributed by atoms with Gasteiger partial charge in [0.2, 0.25) is 10.0 Å². The second-order valence-electron chi connectivity index (χ2n) is 4.63. The first kappa shape index (κ1) is 13.5. The van der Waals surface area contributed by atoms with Gasteiger partial charge in [-0.25, -0.2) is 17.1 Å². The molecule has 0 spiro atoms. The number of benzene rings is 1. The molecule has 18 heavy (non-hydrogen) atoms. The van der Waals surface area contributed by atoms with E-state index in [0.29, 0.717) is 19.0 Å². The van der Waals surface area contributed by atoms with Crippen LogP contribution in [-0.4, -0.2) is 31.6 Å². The molecule has 1 aromatic carbocycles. The van der Waals surface area contributed by atoms with Gasteiger partial charge < -0.3 is 0 Å². The molecule has 0 N–H and O–H groups in total. The summed E-state index contributed by atoms with van der Waals surface area (Å²) in [4.78, 5) is 0. The maximum atomic E-state index is 12.8. The van der Waals surface area contributed by atoms with Crippen LogP contribution in [0, 0.1) is 5.82 Å². The van der Waals surface area contributed by atoms with E-state index in [1.54, 1.807) is 23.4 Å². The average molecular weight is 271 g/mol. The highest BCUT2D eigenvalue weighted by Gasteiger charge is 2.27. The van der Waals surface area contributed by atoms with Crippen molar-refractivity contribution in [3.8, 4) is 0 Å². The van der Waals surface area contributed by atoms with Crippen LogP contribution in [-0.2, 0) is 10.0 Å². The number of nitrogens with zero attached hydrogens (tertiary/aromatic N) is 1. The Kier molecular flexibility index (Phi) is 4.02. The van der Waals surface area contributed by atoms with E-state index in [2.05, 4.69) is 0 Å². The van der Waals surface area contributed by atoms with E-state index in [0.717, 1.165) is 18.4 Å². The number of sulfonamides is 1. The Morgan fingerprint density at radius 2 is 1.78 bits per heavy atom. The molecule has 0 unspecified atom stereocenters. The molecular weight excluding hydrogens is 253 g/mol. The van der Waals surface area contributed by atoms with Gasteiger partial charge in [-0.05, 0) is 43.4 Å². The molecule has 5 heteroatoms. The second-order valence-corrected chi connectivity index (χ2v) is 6.88. The van der Waals surface area contributed by atoms with Crippen molar-refractivity contribution in [1.82, 2.24) is 4.31 Å². The fraction of sp³-hybridized carbons (Fsp3) is 0.538. The minimum atomic E-state index is -3.06. The van der Waals surface area contributed by atoms with Crippen molar-refractivity contribution >= 4 is 10.0 Å². The van der Waals surface area contributed by atoms with Gasteiger partial charge in [0.05, 0.1) is 5.75 Å². The molecule has 2 rings (SSSR count). The number of rotatable bonds is 3. The number of piperidine rings is 1. The van der Waals surface area contributed by atoms with E-state index < -0.39 is 10.0 Å². The second kappa shape index (κ2) is 5.36. The van der Waals surface area contributed by atoms with E-state index in [9.17, 15) is 12.8 Å². The smallest absolute Gasteiger partial charge is 0.212 e. The molecular formula is C13H18FNO2S. The van der Waals surface area contributed by atoms with Crippen LogP contribution in [0.25, 0.3) is 0 Å². The van der Waals surface area contributed by atoms with E-state index in [1.807, 2.05) is 0 Å². The lowest BCUT2D eigenvalue weighted by Gasteiger charge is -2.31. The van der Waals surface area contributed by atoms with Crippen LogP contribution in [0.4, 0.5) is 4.39 Å². The Labute approximate surface area is 108 Å². The third-order valence-corrected chi connectivity index (χ3v) is 5.44. The minimum Gasteiger partial charge on any atom is -0.212 e. The Morgan fingerprint density at radius 3 is 2.28 bits per heavy atom. The van der Waals surface area contributed by atoms with Crippen molar-refractivity contribution in [1.29, 1.82) is 0 Å². The van der Waals surface area contributed by atoms with Gasteiger partial charge >= 0.3 is 0 Å². The highest BCUT2D eigenvalue weighted by atomic mass is 32.2. The van der Waals surface area contributed by atoms with Gasteiger partial charge in [0, 0.05) is 13.1 Å². The van der Waals surface area contributed by atoms with Gasteiger partial charge in [-0.3, -0.25) is 0 Å². The van der Waals surface area contributed by atoms with Crippen molar-refractivity contribution in [3.05, 3.63) is 35.6 Å². The Balaban J connectivity index is 2.01. The van der Waals surface area contributed by atoms with Gasteiger partial charge in [-0.2, -0.15) is 0 Å². The van der Waals surface area contributed by atoms with E-state index in [4.69, 9.17) is 0 Å². The fourth-order valence-corrected chi connectivity index (χ4v) is 3.52. The summed E-state index contributed by atoms with van der Waals surface area (Å²) in [6.45, 7) is 2.80. The van der Waals surface area contributed by atoms with E-state index in [-0.39, 0.29) is 11.6 Å². The van der Waals surface area contributed by atoms with Crippen LogP contribution >= 0.6 is 0 Å². The van der Waals surface area contributed by atoms with Crippen molar-refractivity contribution in [2.75, 3.05) is 18.8 Å². The lowest BCUT2D eigenvalue weighted by molar-refractivity contribution is 0.320. The third-order valence-electron chi connectivity index (χ3n) is 3.55. The summed E-state index contributed by atoms with van der Waals surface area (Å²) in [5.74, 6) is 0.271. The van der Waals surface area contributed by atoms with Crippen molar-refractivity contribution in [2.45, 2.75) is 25.7 Å². The van der Waals surface area contributed by atoms with Gasteiger partial charge in [0.15, 0.2) is 0 Å². The summed E-state index contributed by atoms with van der Waals surface area (Å²) >= 11 is 0. The molecule has 0 aromatic heterocycles. The third kappa shape index (κ3) is 2.90. The monoisotopic (exact) mass is 271 g/mol. The molecule has 1 fully saturated rings. The largest absolute Gasteiger partial charge is 0.213 e. The maximum Gasteiger partial charge on any atom is 0.213 e. The van der Waals surface area contributed by atoms with Crippen LogP contribution in [0.5, 0.6) is 0 Å². The van der Waals surface area contributed by atoms with Crippen LogP contribution in [0.15, 0.2) is 24.3 Å². The lowest BCUT2D eigenvalue weighted by Crippen LogP contribution is -2.38. The van der Waals surface area contributed by atoms with E-state index >= 15 is 0 Å². The predicted molar refractivity (Wildman–Crippen MR) is 69.4 cm³/mol. The molecule has 1 aromatic rings. The molecule has 1 heterocycles. The summed E-state index contributed by atoms with van der Waals surface area (Å²) in [6, 6.07) is 6.52. The SMILES string of the molecule is CCS(=O)(=O)N1CCC(c2ccc(F)cc2)CC1. The maximum absolute atomic E-state index is 12.8. The first-order valence-corrected chi connectivity index (χ1v) is 7.87. The quantitative estimate of drug-likeness (QED) is 0.846. The van der Waals surface area contributed by atoms with Crippen LogP contribution in [0.3, 0.4) is 0 Å². The standard InChI is InChI=1S/C13H18FNO2S/c1-2-18(16,17)15-9-7-12(8-10-15)11-3-5-13(14)6-4-11/h3-6,12H,2,7-10H2,1H3. The average Bonchev–Trinajstić information content (AvgIpc) is 2.40. The topological polar surface area (TPSA) is 37.4 Å². The van der Waals surface area contributed by atoms with Gasteiger partial charge in [0.1, 0.15) is 5.82 Å². The molecule has 0 atom stereocenters. The first-order chi connectivity index (χ1) is 8.53. The zero-order valence-electron chi connectivity index (χ0n) is 10.5. The van der Waals surface area contributed by atoms with E-state index in [1.165, 1.54) is 12.1 Å². The molecule has 1 aliphatic rings. The molecule has 3 nitrogen and oxygen atoms in total.